The van der Waals surface area contributed by atoms with E-state index in [0.29, 0.717) is 42.8 Å². The van der Waals surface area contributed by atoms with Crippen molar-refractivity contribution in [2.45, 2.75) is 136 Å². The molecule has 4 atom stereocenters. The summed E-state index contributed by atoms with van der Waals surface area (Å²) in [6, 6.07) is 0. The Balaban J connectivity index is -0.000000330. The third-order valence-corrected chi connectivity index (χ3v) is 9.28. The topological polar surface area (TPSA) is 160 Å². The number of ether oxygens (including phenoxy) is 3. The summed E-state index contributed by atoms with van der Waals surface area (Å²) in [6.07, 6.45) is 4.36. The molecule has 0 saturated heterocycles. The van der Waals surface area contributed by atoms with Gasteiger partial charge in [-0.1, -0.05) is 111 Å². The molecule has 10 heteroatoms. The van der Waals surface area contributed by atoms with E-state index in [1.54, 1.807) is 0 Å². The summed E-state index contributed by atoms with van der Waals surface area (Å²) in [7, 11) is 0. The highest BCUT2D eigenvalue weighted by atomic mass is 16.5. The van der Waals surface area contributed by atoms with E-state index >= 15 is 0 Å². The van der Waals surface area contributed by atoms with E-state index in [-0.39, 0.29) is 99.8 Å². The Bertz CT molecular complexity index is 836. The molecule has 0 fully saturated rings. The second-order valence-corrected chi connectivity index (χ2v) is 16.4. The third kappa shape index (κ3) is 27.8. The molecule has 314 valence electrons. The fourth-order valence-corrected chi connectivity index (χ4v) is 5.37. The number of rotatable bonds is 24. The van der Waals surface area contributed by atoms with Crippen molar-refractivity contribution in [3.8, 4) is 0 Å². The monoisotopic (exact) mass is 751 g/mol. The molecule has 0 bridgehead atoms. The first-order valence-electron chi connectivity index (χ1n) is 19.7. The van der Waals surface area contributed by atoms with Crippen LogP contribution in [0.2, 0.25) is 0 Å². The van der Waals surface area contributed by atoms with Crippen LogP contribution < -0.4 is 0 Å². The van der Waals surface area contributed by atoms with Crippen LogP contribution in [-0.4, -0.2) is 84.6 Å². The fourth-order valence-electron chi connectivity index (χ4n) is 5.37. The third-order valence-electron chi connectivity index (χ3n) is 9.28. The molecular formula is C42H86O10. The summed E-state index contributed by atoms with van der Waals surface area (Å²) in [4.78, 5) is 35.8. The minimum Gasteiger partial charge on any atom is -0.465 e. The van der Waals surface area contributed by atoms with Gasteiger partial charge in [-0.05, 0) is 61.2 Å². The molecule has 0 aromatic heterocycles. The number of hydrogen-bond donors (Lipinski definition) is 4. The van der Waals surface area contributed by atoms with Gasteiger partial charge in [-0.2, -0.15) is 0 Å². The zero-order valence-corrected chi connectivity index (χ0v) is 35.2. The van der Waals surface area contributed by atoms with Crippen molar-refractivity contribution in [1.29, 1.82) is 0 Å². The maximum Gasteiger partial charge on any atom is 0.309 e. The molecule has 0 rings (SSSR count). The molecule has 4 unspecified atom stereocenters. The first kappa shape index (κ1) is 57.0. The normalized spacial score (nSPS) is 13.7. The average molecular weight is 751 g/mol. The Morgan fingerprint density at radius 1 is 0.462 bits per heavy atom. The molecule has 0 aliphatic heterocycles. The van der Waals surface area contributed by atoms with Crippen molar-refractivity contribution < 1.29 is 49.0 Å². The number of hydrogen-bond acceptors (Lipinski definition) is 10. The Kier molecular flexibility index (Phi) is 37.0. The Labute approximate surface area is 320 Å². The lowest BCUT2D eigenvalue weighted by Gasteiger charge is -2.23. The minimum absolute atomic E-state index is 0. The summed E-state index contributed by atoms with van der Waals surface area (Å²) in [6.45, 7) is 29.4. The second kappa shape index (κ2) is 33.8. The van der Waals surface area contributed by atoms with Crippen molar-refractivity contribution in [2.24, 2.45) is 71.0 Å². The molecule has 0 aromatic rings. The van der Waals surface area contributed by atoms with Crippen molar-refractivity contribution in [3.63, 3.8) is 0 Å². The molecule has 10 nitrogen and oxygen atoms in total. The van der Waals surface area contributed by atoms with Crippen LogP contribution in [0, 0.1) is 71.0 Å². The zero-order chi connectivity index (χ0) is 40.3. The van der Waals surface area contributed by atoms with Crippen LogP contribution in [-0.2, 0) is 28.6 Å². The maximum atomic E-state index is 12.0. The van der Waals surface area contributed by atoms with Crippen LogP contribution in [0.5, 0.6) is 0 Å². The standard InChI is InChI=1S/C14H28O4.C14H28O3.C13H26O3.CH4/c1-10(2)5-6-13(11(3)4)14(17)18-9-12(7-15)8-16;1-6-12(8-15)9-17-14(16)13(11(4)5)7-10(2)3;1-6-11(7-14)8-16-13(15)12(9(2)3)10(4)5;/h10-13,15-16H,5-9H2,1-4H3;10-13,15H,6-9H2,1-5H3;9-12,14H,6-8H2,1-5H3;1H4. The van der Waals surface area contributed by atoms with Crippen molar-refractivity contribution >= 4 is 17.9 Å². The zero-order valence-electron chi connectivity index (χ0n) is 35.2. The van der Waals surface area contributed by atoms with E-state index < -0.39 is 0 Å². The Morgan fingerprint density at radius 3 is 1.10 bits per heavy atom. The van der Waals surface area contributed by atoms with Gasteiger partial charge in [-0.15, -0.1) is 0 Å². The van der Waals surface area contributed by atoms with Gasteiger partial charge in [0.05, 0.1) is 50.8 Å². The molecular weight excluding hydrogens is 664 g/mol. The van der Waals surface area contributed by atoms with Crippen LogP contribution in [0.4, 0.5) is 0 Å². The number of carbonyl (C=O) groups is 3. The molecule has 0 spiro atoms. The predicted octanol–water partition coefficient (Wildman–Crippen LogP) is 7.82. The highest BCUT2D eigenvalue weighted by Crippen LogP contribution is 2.24. The van der Waals surface area contributed by atoms with E-state index in [2.05, 4.69) is 41.5 Å². The number of carbonyl (C=O) groups excluding carboxylic acids is 3. The van der Waals surface area contributed by atoms with E-state index in [0.717, 1.165) is 32.1 Å². The highest BCUT2D eigenvalue weighted by molar-refractivity contribution is 5.73. The van der Waals surface area contributed by atoms with Crippen LogP contribution in [0.3, 0.4) is 0 Å². The quantitative estimate of drug-likeness (QED) is 0.0566. The van der Waals surface area contributed by atoms with E-state index in [9.17, 15) is 14.4 Å². The van der Waals surface area contributed by atoms with E-state index in [1.807, 2.05) is 55.4 Å². The number of aliphatic hydroxyl groups is 4. The lowest BCUT2D eigenvalue weighted by Crippen LogP contribution is -2.29. The van der Waals surface area contributed by atoms with Gasteiger partial charge in [0.15, 0.2) is 0 Å². The largest absolute Gasteiger partial charge is 0.465 e. The lowest BCUT2D eigenvalue weighted by molar-refractivity contribution is -0.154. The van der Waals surface area contributed by atoms with Gasteiger partial charge in [0, 0.05) is 31.0 Å². The number of aliphatic hydroxyl groups excluding tert-OH is 4. The average Bonchev–Trinajstić information content (AvgIpc) is 3.04. The molecule has 4 N–H and O–H groups in total. The van der Waals surface area contributed by atoms with E-state index in [1.165, 1.54) is 0 Å². The van der Waals surface area contributed by atoms with Gasteiger partial charge in [-0.25, -0.2) is 0 Å². The van der Waals surface area contributed by atoms with Crippen molar-refractivity contribution in [1.82, 2.24) is 0 Å². The van der Waals surface area contributed by atoms with Crippen LogP contribution in [0.15, 0.2) is 0 Å². The number of esters is 3. The molecule has 52 heavy (non-hydrogen) atoms. The van der Waals surface area contributed by atoms with Gasteiger partial charge >= 0.3 is 17.9 Å². The molecule has 0 heterocycles. The first-order chi connectivity index (χ1) is 23.8. The summed E-state index contributed by atoms with van der Waals surface area (Å²) >= 11 is 0. The molecule has 0 saturated carbocycles. The molecule has 0 aliphatic rings. The van der Waals surface area contributed by atoms with Gasteiger partial charge < -0.3 is 34.6 Å². The summed E-state index contributed by atoms with van der Waals surface area (Å²) in [5.74, 6) is 1.38. The second-order valence-electron chi connectivity index (χ2n) is 16.4. The van der Waals surface area contributed by atoms with Crippen molar-refractivity contribution in [2.75, 3.05) is 46.2 Å². The van der Waals surface area contributed by atoms with Gasteiger partial charge in [0.2, 0.25) is 0 Å². The molecule has 0 amide bonds. The smallest absolute Gasteiger partial charge is 0.309 e. The van der Waals surface area contributed by atoms with Crippen LogP contribution >= 0.6 is 0 Å². The maximum absolute atomic E-state index is 12.0. The fraction of sp³-hybridized carbons (Fsp3) is 0.929. The Hall–Kier alpha value is -1.75. The van der Waals surface area contributed by atoms with Gasteiger partial charge in [-0.3, -0.25) is 14.4 Å². The Morgan fingerprint density at radius 2 is 0.808 bits per heavy atom. The first-order valence-corrected chi connectivity index (χ1v) is 19.7. The molecule has 0 aliphatic carbocycles. The summed E-state index contributed by atoms with van der Waals surface area (Å²) in [5.41, 5.74) is 0. The lowest BCUT2D eigenvalue weighted by atomic mass is 9.86. The van der Waals surface area contributed by atoms with Gasteiger partial charge in [0.25, 0.3) is 0 Å². The summed E-state index contributed by atoms with van der Waals surface area (Å²) in [5, 5.41) is 35.9. The molecule has 0 aromatic carbocycles. The van der Waals surface area contributed by atoms with Crippen molar-refractivity contribution in [3.05, 3.63) is 0 Å². The predicted molar refractivity (Wildman–Crippen MR) is 212 cm³/mol. The SMILES string of the molecule is C.CC(C)CCC(C(=O)OCC(CO)CO)C(C)C.CCC(CO)COC(=O)C(C(C)C)C(C)C.CCC(CO)COC(=O)C(CC(C)C)C(C)C. The van der Waals surface area contributed by atoms with Crippen LogP contribution in [0.1, 0.15) is 136 Å². The molecule has 0 radical (unpaired) electrons. The van der Waals surface area contributed by atoms with Crippen LogP contribution in [0.25, 0.3) is 0 Å². The highest BCUT2D eigenvalue weighted by Gasteiger charge is 2.28. The minimum atomic E-state index is -0.369. The van der Waals surface area contributed by atoms with Gasteiger partial charge in [0.1, 0.15) is 0 Å². The summed E-state index contributed by atoms with van der Waals surface area (Å²) < 4.78 is 15.8. The van der Waals surface area contributed by atoms with E-state index in [4.69, 9.17) is 34.6 Å².